The van der Waals surface area contributed by atoms with Crippen LogP contribution in [0.1, 0.15) is 23.0 Å². The van der Waals surface area contributed by atoms with E-state index < -0.39 is 15.9 Å². The van der Waals surface area contributed by atoms with Gasteiger partial charge in [0.2, 0.25) is 10.0 Å². The van der Waals surface area contributed by atoms with Crippen LogP contribution in [0.25, 0.3) is 17.4 Å². The number of primary sulfonamides is 1. The molecule has 210 valence electrons. The fraction of sp³-hybridized carbons (Fsp3) is 0.103. The predicted molar refractivity (Wildman–Crippen MR) is 156 cm³/mol. The van der Waals surface area contributed by atoms with Gasteiger partial charge in [0, 0.05) is 22.9 Å². The number of nitrogens with two attached hydrogens (primary N) is 1. The molecule has 1 aliphatic rings. The molecule has 41 heavy (non-hydrogen) atoms. The quantitative estimate of drug-likeness (QED) is 0.261. The zero-order valence-corrected chi connectivity index (χ0v) is 23.5. The molecule has 0 saturated carbocycles. The molecule has 1 atom stereocenters. The Morgan fingerprint density at radius 3 is 2.56 bits per heavy atom. The molecule has 0 spiro atoms. The summed E-state index contributed by atoms with van der Waals surface area (Å²) >= 11 is 6.34. The Morgan fingerprint density at radius 1 is 1.10 bits per heavy atom. The van der Waals surface area contributed by atoms with Crippen molar-refractivity contribution in [3.05, 3.63) is 101 Å². The van der Waals surface area contributed by atoms with Crippen LogP contribution in [-0.4, -0.2) is 33.4 Å². The van der Waals surface area contributed by atoms with Crippen molar-refractivity contribution in [1.29, 1.82) is 0 Å². The topological polar surface area (TPSA) is 144 Å². The first-order chi connectivity index (χ1) is 19.5. The third kappa shape index (κ3) is 5.97. The van der Waals surface area contributed by atoms with Crippen molar-refractivity contribution in [2.75, 3.05) is 17.4 Å². The Kier molecular flexibility index (Phi) is 7.59. The van der Waals surface area contributed by atoms with Crippen molar-refractivity contribution < 1.29 is 27.2 Å². The summed E-state index contributed by atoms with van der Waals surface area (Å²) in [5.74, 6) is 0.793. The molecule has 5 rings (SSSR count). The molecule has 3 aromatic carbocycles. The Balaban J connectivity index is 1.35. The van der Waals surface area contributed by atoms with Crippen LogP contribution < -0.4 is 25.6 Å². The van der Waals surface area contributed by atoms with Crippen molar-refractivity contribution in [2.24, 2.45) is 5.14 Å². The van der Waals surface area contributed by atoms with Crippen LogP contribution in [0.3, 0.4) is 0 Å². The molecule has 1 aromatic heterocycles. The zero-order chi connectivity index (χ0) is 29.3. The van der Waals surface area contributed by atoms with Gasteiger partial charge in [0.1, 0.15) is 17.3 Å². The van der Waals surface area contributed by atoms with Crippen LogP contribution in [-0.2, 0) is 14.8 Å². The molecule has 2 heterocycles. The minimum absolute atomic E-state index is 0.0264. The van der Waals surface area contributed by atoms with Crippen LogP contribution >= 0.6 is 11.6 Å². The van der Waals surface area contributed by atoms with Gasteiger partial charge < -0.3 is 14.5 Å². The van der Waals surface area contributed by atoms with Gasteiger partial charge in [-0.2, -0.15) is 0 Å². The number of benzene rings is 3. The number of furan rings is 1. The summed E-state index contributed by atoms with van der Waals surface area (Å²) in [5.41, 5.74) is 5.24. The highest BCUT2D eigenvalue weighted by Gasteiger charge is 2.33. The van der Waals surface area contributed by atoms with E-state index in [9.17, 15) is 18.0 Å². The lowest BCUT2D eigenvalue weighted by Crippen LogP contribution is -2.37. The third-order valence-electron chi connectivity index (χ3n) is 6.51. The third-order valence-corrected chi connectivity index (χ3v) is 7.77. The van der Waals surface area contributed by atoms with E-state index in [-0.39, 0.29) is 27.4 Å². The number of rotatable bonds is 7. The maximum Gasteiger partial charge on any atom is 0.268 e. The van der Waals surface area contributed by atoms with Crippen molar-refractivity contribution in [3.63, 3.8) is 0 Å². The molecule has 4 aromatic rings. The smallest absolute Gasteiger partial charge is 0.268 e. The number of hydrazine groups is 1. The zero-order valence-electron chi connectivity index (χ0n) is 21.9. The molecule has 1 fully saturated rings. The summed E-state index contributed by atoms with van der Waals surface area (Å²) < 4.78 is 34.3. The molecule has 0 aliphatic carbocycles. The second-order valence-corrected chi connectivity index (χ2v) is 11.2. The molecule has 0 radical (unpaired) electrons. The van der Waals surface area contributed by atoms with E-state index in [4.69, 9.17) is 25.9 Å². The summed E-state index contributed by atoms with van der Waals surface area (Å²) in [6.07, 6.45) is 1.63. The Labute approximate surface area is 241 Å². The molecule has 1 saturated heterocycles. The SMILES string of the molecule is COc1cccc(NC(=O)c2cc(-c3ccc(/C=C4\C(=O)NN(c5ccc(S(N)(=O)=O)cc5)C4C)o3)ccc2Cl)c1. The van der Waals surface area contributed by atoms with Crippen molar-refractivity contribution in [3.8, 4) is 17.1 Å². The average molecular weight is 593 g/mol. The number of hydrogen-bond acceptors (Lipinski definition) is 7. The van der Waals surface area contributed by atoms with Crippen LogP contribution in [0.2, 0.25) is 5.02 Å². The Hall–Kier alpha value is -4.58. The summed E-state index contributed by atoms with van der Waals surface area (Å²) in [7, 11) is -2.29. The molecule has 12 heteroatoms. The van der Waals surface area contributed by atoms with Crippen molar-refractivity contribution in [2.45, 2.75) is 17.9 Å². The van der Waals surface area contributed by atoms with E-state index in [1.807, 2.05) is 6.92 Å². The number of nitrogens with one attached hydrogen (secondary N) is 2. The van der Waals surface area contributed by atoms with E-state index in [0.717, 1.165) is 0 Å². The van der Waals surface area contributed by atoms with E-state index in [2.05, 4.69) is 10.7 Å². The predicted octanol–water partition coefficient (Wildman–Crippen LogP) is 4.83. The number of hydrogen-bond donors (Lipinski definition) is 3. The highest BCUT2D eigenvalue weighted by atomic mass is 35.5. The van der Waals surface area contributed by atoms with E-state index >= 15 is 0 Å². The highest BCUT2D eigenvalue weighted by Crippen LogP contribution is 2.31. The first kappa shape index (κ1) is 28.0. The number of sulfonamides is 1. The molecule has 1 aliphatic heterocycles. The molecule has 4 N–H and O–H groups in total. The van der Waals surface area contributed by atoms with Gasteiger partial charge in [-0.05, 0) is 79.7 Å². The minimum atomic E-state index is -3.83. The van der Waals surface area contributed by atoms with Gasteiger partial charge in [-0.25, -0.2) is 13.6 Å². The number of anilines is 2. The number of carbonyl (C=O) groups excluding carboxylic acids is 2. The van der Waals surface area contributed by atoms with Crippen LogP contribution in [0, 0.1) is 0 Å². The number of ether oxygens (including phenoxy) is 1. The Bertz CT molecular complexity index is 1780. The maximum atomic E-state index is 13.0. The molecule has 2 amide bonds. The molecular formula is C29H25ClN4O6S. The summed E-state index contributed by atoms with van der Waals surface area (Å²) in [4.78, 5) is 25.7. The fourth-order valence-corrected chi connectivity index (χ4v) is 5.08. The lowest BCUT2D eigenvalue weighted by Gasteiger charge is -2.22. The van der Waals surface area contributed by atoms with E-state index in [1.165, 1.54) is 12.1 Å². The summed E-state index contributed by atoms with van der Waals surface area (Å²) in [6.45, 7) is 1.83. The van der Waals surface area contributed by atoms with Gasteiger partial charge in [0.15, 0.2) is 0 Å². The second kappa shape index (κ2) is 11.1. The van der Waals surface area contributed by atoms with Crippen LogP contribution in [0.4, 0.5) is 11.4 Å². The number of amides is 2. The van der Waals surface area contributed by atoms with Crippen LogP contribution in [0.15, 0.2) is 93.7 Å². The van der Waals surface area contributed by atoms with Gasteiger partial charge in [-0.1, -0.05) is 17.7 Å². The van der Waals surface area contributed by atoms with Crippen molar-refractivity contribution >= 4 is 50.9 Å². The Morgan fingerprint density at radius 2 is 1.85 bits per heavy atom. The number of halogens is 1. The van der Waals surface area contributed by atoms with Crippen LogP contribution in [0.5, 0.6) is 5.75 Å². The molecule has 1 unspecified atom stereocenters. The first-order valence-corrected chi connectivity index (χ1v) is 14.3. The summed E-state index contributed by atoms with van der Waals surface area (Å²) in [5, 5.41) is 9.88. The van der Waals surface area contributed by atoms with Crippen molar-refractivity contribution in [1.82, 2.24) is 5.43 Å². The minimum Gasteiger partial charge on any atom is -0.497 e. The average Bonchev–Trinajstić information content (AvgIpc) is 3.53. The van der Waals surface area contributed by atoms with Gasteiger partial charge in [-0.15, -0.1) is 0 Å². The number of methoxy groups -OCH3 is 1. The van der Waals surface area contributed by atoms with Gasteiger partial charge >= 0.3 is 0 Å². The largest absolute Gasteiger partial charge is 0.497 e. The lowest BCUT2D eigenvalue weighted by molar-refractivity contribution is -0.116. The standard InChI is InChI=1S/C29H25ClN4O6S/c1-17-24(29(36)33-34(17)20-7-10-23(11-8-20)41(31,37)38)16-22-9-13-27(40-22)18-6-12-26(30)25(14-18)28(35)32-19-4-3-5-21(15-19)39-2/h3-17H,1-2H3,(H,32,35)(H,33,36)(H2,31,37,38)/b24-16-. The van der Waals surface area contributed by atoms with Gasteiger partial charge in [0.05, 0.1) is 34.3 Å². The van der Waals surface area contributed by atoms with Gasteiger partial charge in [0.25, 0.3) is 11.8 Å². The first-order valence-electron chi connectivity index (χ1n) is 12.3. The molecule has 10 nitrogen and oxygen atoms in total. The maximum absolute atomic E-state index is 13.0. The number of nitrogens with zero attached hydrogens (tertiary/aromatic N) is 1. The highest BCUT2D eigenvalue weighted by molar-refractivity contribution is 7.89. The second-order valence-electron chi connectivity index (χ2n) is 9.21. The lowest BCUT2D eigenvalue weighted by atomic mass is 10.1. The fourth-order valence-electron chi connectivity index (χ4n) is 4.36. The monoisotopic (exact) mass is 592 g/mol. The number of carbonyl (C=O) groups is 2. The normalized spacial score (nSPS) is 16.1. The van der Waals surface area contributed by atoms with E-state index in [0.29, 0.717) is 39.8 Å². The molecule has 0 bridgehead atoms. The molecular weight excluding hydrogens is 568 g/mol. The van der Waals surface area contributed by atoms with Gasteiger partial charge in [-0.3, -0.25) is 20.0 Å². The van der Waals surface area contributed by atoms with E-state index in [1.54, 1.807) is 84.9 Å². The summed E-state index contributed by atoms with van der Waals surface area (Å²) in [6, 6.07) is 20.9.